The zero-order chi connectivity index (χ0) is 14.1. The predicted molar refractivity (Wildman–Crippen MR) is 77.5 cm³/mol. The Bertz CT molecular complexity index is 727. The third kappa shape index (κ3) is 2.23. The van der Waals surface area contributed by atoms with E-state index in [2.05, 4.69) is 11.9 Å². The maximum absolute atomic E-state index is 10.5. The number of imidazole rings is 1. The van der Waals surface area contributed by atoms with Crippen LogP contribution in [0.15, 0.2) is 41.1 Å². The molecule has 0 aliphatic rings. The molecule has 1 aromatic carbocycles. The molecule has 2 aromatic heterocycles. The molecule has 4 heteroatoms. The summed E-state index contributed by atoms with van der Waals surface area (Å²) in [4.78, 5) is 4.25. The molecule has 4 nitrogen and oxygen atoms in total. The van der Waals surface area contributed by atoms with Crippen LogP contribution in [0.5, 0.6) is 0 Å². The van der Waals surface area contributed by atoms with Crippen molar-refractivity contribution in [1.82, 2.24) is 9.55 Å². The van der Waals surface area contributed by atoms with E-state index in [1.54, 1.807) is 6.20 Å². The van der Waals surface area contributed by atoms with Crippen LogP contribution in [0.3, 0.4) is 0 Å². The number of benzene rings is 1. The number of nitrogens with zero attached hydrogens (tertiary/aromatic N) is 2. The SMILES string of the molecule is CCCn1ccnc1C(O)c1cc2cc(C)ccc2o1. The lowest BCUT2D eigenvalue weighted by atomic mass is 10.1. The highest BCUT2D eigenvalue weighted by Gasteiger charge is 2.20. The lowest BCUT2D eigenvalue weighted by molar-refractivity contribution is 0.178. The number of fused-ring (bicyclic) bond motifs is 1. The summed E-state index contributed by atoms with van der Waals surface area (Å²) in [6, 6.07) is 7.87. The molecular formula is C16H18N2O2. The fraction of sp³-hybridized carbons (Fsp3) is 0.312. The van der Waals surface area contributed by atoms with E-state index in [9.17, 15) is 5.11 Å². The number of aliphatic hydroxyl groups is 1. The van der Waals surface area contributed by atoms with Gasteiger partial charge in [0.2, 0.25) is 0 Å². The number of aliphatic hydroxyl groups excluding tert-OH is 1. The number of furan rings is 1. The average Bonchev–Trinajstić information content (AvgIpc) is 3.04. The molecule has 0 radical (unpaired) electrons. The number of rotatable bonds is 4. The molecule has 0 aliphatic carbocycles. The fourth-order valence-electron chi connectivity index (χ4n) is 2.44. The average molecular weight is 270 g/mol. The van der Waals surface area contributed by atoms with Crippen molar-refractivity contribution in [2.24, 2.45) is 0 Å². The number of aromatic nitrogens is 2. The van der Waals surface area contributed by atoms with Gasteiger partial charge in [-0.3, -0.25) is 0 Å². The second-order valence-corrected chi connectivity index (χ2v) is 5.07. The molecule has 0 bridgehead atoms. The van der Waals surface area contributed by atoms with Gasteiger partial charge in [0, 0.05) is 24.3 Å². The van der Waals surface area contributed by atoms with Gasteiger partial charge < -0.3 is 14.1 Å². The minimum atomic E-state index is -0.829. The first-order chi connectivity index (χ1) is 9.69. The minimum Gasteiger partial charge on any atom is -0.458 e. The third-order valence-corrected chi connectivity index (χ3v) is 3.42. The van der Waals surface area contributed by atoms with Crippen LogP contribution in [-0.2, 0) is 6.54 Å². The molecule has 0 aliphatic heterocycles. The Morgan fingerprint density at radius 3 is 3.00 bits per heavy atom. The van der Waals surface area contributed by atoms with Crippen LogP contribution >= 0.6 is 0 Å². The molecule has 104 valence electrons. The van der Waals surface area contributed by atoms with Crippen molar-refractivity contribution >= 4 is 11.0 Å². The van der Waals surface area contributed by atoms with Crippen LogP contribution in [0.4, 0.5) is 0 Å². The topological polar surface area (TPSA) is 51.2 Å². The molecule has 0 amide bonds. The maximum atomic E-state index is 10.5. The van der Waals surface area contributed by atoms with Crippen LogP contribution in [0, 0.1) is 6.92 Å². The molecule has 1 N–H and O–H groups in total. The quantitative estimate of drug-likeness (QED) is 0.790. The third-order valence-electron chi connectivity index (χ3n) is 3.42. The molecule has 1 atom stereocenters. The van der Waals surface area contributed by atoms with Gasteiger partial charge in [-0.25, -0.2) is 4.98 Å². The zero-order valence-electron chi connectivity index (χ0n) is 11.7. The standard InChI is InChI=1S/C16H18N2O2/c1-3-7-18-8-6-17-16(18)15(19)14-10-12-9-11(2)4-5-13(12)20-14/h4-6,8-10,15,19H,3,7H2,1-2H3. The lowest BCUT2D eigenvalue weighted by Crippen LogP contribution is -2.08. The monoisotopic (exact) mass is 270 g/mol. The van der Waals surface area contributed by atoms with Gasteiger partial charge in [0.1, 0.15) is 17.2 Å². The molecule has 0 saturated heterocycles. The highest BCUT2D eigenvalue weighted by atomic mass is 16.4. The normalized spacial score (nSPS) is 12.9. The molecule has 20 heavy (non-hydrogen) atoms. The van der Waals surface area contributed by atoms with Crippen molar-refractivity contribution in [2.45, 2.75) is 32.9 Å². The Morgan fingerprint density at radius 1 is 1.35 bits per heavy atom. The van der Waals surface area contributed by atoms with Crippen molar-refractivity contribution in [3.8, 4) is 0 Å². The van der Waals surface area contributed by atoms with Gasteiger partial charge in [0.25, 0.3) is 0 Å². The summed E-state index contributed by atoms with van der Waals surface area (Å²) < 4.78 is 7.70. The Hall–Kier alpha value is -2.07. The van der Waals surface area contributed by atoms with E-state index >= 15 is 0 Å². The first kappa shape index (κ1) is 12.9. The van der Waals surface area contributed by atoms with Crippen LogP contribution in [0.1, 0.15) is 36.6 Å². The van der Waals surface area contributed by atoms with Crippen molar-refractivity contribution in [1.29, 1.82) is 0 Å². The van der Waals surface area contributed by atoms with Crippen LogP contribution < -0.4 is 0 Å². The minimum absolute atomic E-state index is 0.536. The smallest absolute Gasteiger partial charge is 0.169 e. The summed E-state index contributed by atoms with van der Waals surface area (Å²) in [6.07, 6.45) is 3.76. The predicted octanol–water partition coefficient (Wildman–Crippen LogP) is 3.43. The zero-order valence-corrected chi connectivity index (χ0v) is 11.7. The highest BCUT2D eigenvalue weighted by Crippen LogP contribution is 2.28. The van der Waals surface area contributed by atoms with Gasteiger partial charge in [-0.2, -0.15) is 0 Å². The lowest BCUT2D eigenvalue weighted by Gasteiger charge is -2.10. The summed E-state index contributed by atoms with van der Waals surface area (Å²) >= 11 is 0. The molecule has 3 aromatic rings. The Labute approximate surface area is 117 Å². The second-order valence-electron chi connectivity index (χ2n) is 5.07. The molecule has 0 saturated carbocycles. The van der Waals surface area contributed by atoms with E-state index in [0.717, 1.165) is 23.9 Å². The van der Waals surface area contributed by atoms with Crippen molar-refractivity contribution < 1.29 is 9.52 Å². The van der Waals surface area contributed by atoms with Crippen LogP contribution in [0.2, 0.25) is 0 Å². The van der Waals surface area contributed by atoms with E-state index < -0.39 is 6.10 Å². The van der Waals surface area contributed by atoms with E-state index in [-0.39, 0.29) is 0 Å². The summed E-state index contributed by atoms with van der Waals surface area (Å²) in [5.41, 5.74) is 1.96. The molecule has 0 fully saturated rings. The van der Waals surface area contributed by atoms with Gasteiger partial charge in [-0.15, -0.1) is 0 Å². The molecule has 3 rings (SSSR count). The van der Waals surface area contributed by atoms with E-state index in [0.29, 0.717) is 11.6 Å². The number of hydrogen-bond donors (Lipinski definition) is 1. The van der Waals surface area contributed by atoms with E-state index in [1.807, 2.05) is 42.0 Å². The summed E-state index contributed by atoms with van der Waals surface area (Å²) in [7, 11) is 0. The Kier molecular flexibility index (Phi) is 3.32. The van der Waals surface area contributed by atoms with E-state index in [4.69, 9.17) is 4.42 Å². The largest absolute Gasteiger partial charge is 0.458 e. The Balaban J connectivity index is 1.99. The summed E-state index contributed by atoms with van der Waals surface area (Å²) in [5, 5.41) is 11.5. The molecule has 1 unspecified atom stereocenters. The first-order valence-corrected chi connectivity index (χ1v) is 6.88. The number of aryl methyl sites for hydroxylation is 2. The van der Waals surface area contributed by atoms with Crippen LogP contribution in [0.25, 0.3) is 11.0 Å². The number of hydrogen-bond acceptors (Lipinski definition) is 3. The molecule has 2 heterocycles. The summed E-state index contributed by atoms with van der Waals surface area (Å²) in [6.45, 7) is 4.97. The van der Waals surface area contributed by atoms with Gasteiger partial charge in [-0.05, 0) is 31.5 Å². The second kappa shape index (κ2) is 5.13. The van der Waals surface area contributed by atoms with Gasteiger partial charge in [0.15, 0.2) is 6.10 Å². The Morgan fingerprint density at radius 2 is 2.20 bits per heavy atom. The van der Waals surface area contributed by atoms with Gasteiger partial charge >= 0.3 is 0 Å². The highest BCUT2D eigenvalue weighted by molar-refractivity contribution is 5.78. The van der Waals surface area contributed by atoms with Crippen molar-refractivity contribution in [3.05, 3.63) is 53.8 Å². The first-order valence-electron chi connectivity index (χ1n) is 6.88. The maximum Gasteiger partial charge on any atom is 0.169 e. The molecular weight excluding hydrogens is 252 g/mol. The van der Waals surface area contributed by atoms with Crippen molar-refractivity contribution in [2.75, 3.05) is 0 Å². The molecule has 0 spiro atoms. The summed E-state index contributed by atoms with van der Waals surface area (Å²) in [5.74, 6) is 1.16. The van der Waals surface area contributed by atoms with Crippen LogP contribution in [-0.4, -0.2) is 14.7 Å². The van der Waals surface area contributed by atoms with Gasteiger partial charge in [-0.1, -0.05) is 18.6 Å². The van der Waals surface area contributed by atoms with E-state index in [1.165, 1.54) is 5.56 Å². The van der Waals surface area contributed by atoms with Gasteiger partial charge in [0.05, 0.1) is 0 Å². The fourth-order valence-corrected chi connectivity index (χ4v) is 2.44. The van der Waals surface area contributed by atoms with Crippen molar-refractivity contribution in [3.63, 3.8) is 0 Å².